The number of likely N-dealkylation sites (N-methyl/N-ethyl adjacent to an activating group) is 1. The molecule has 0 aliphatic rings. The van der Waals surface area contributed by atoms with Gasteiger partial charge < -0.3 is 27.9 Å². The number of phosphoric acid groups is 1. The van der Waals surface area contributed by atoms with Crippen LogP contribution in [-0.4, -0.2) is 71.3 Å². The van der Waals surface area contributed by atoms with Crippen LogP contribution in [0.1, 0.15) is 168 Å². The highest BCUT2D eigenvalue weighted by Gasteiger charge is 2.17. The highest BCUT2D eigenvalue weighted by Crippen LogP contribution is 2.38. The number of ether oxygens (including phenoxy) is 2. The summed E-state index contributed by atoms with van der Waals surface area (Å²) in [5.41, 5.74) is 0. The first kappa shape index (κ1) is 51.0. The molecular weight excluding hydrogens is 669 g/mol. The van der Waals surface area contributed by atoms with Crippen LogP contribution < -0.4 is 4.89 Å². The summed E-state index contributed by atoms with van der Waals surface area (Å²) in [6.07, 6.45) is 46.9. The van der Waals surface area contributed by atoms with Crippen molar-refractivity contribution in [2.45, 2.75) is 174 Å². The first-order chi connectivity index (χ1) is 25.2. The molecule has 0 saturated carbocycles. The molecule has 7 nitrogen and oxygen atoms in total. The highest BCUT2D eigenvalue weighted by atomic mass is 31.2. The second-order valence-electron chi connectivity index (χ2n) is 15.3. The summed E-state index contributed by atoms with van der Waals surface area (Å²) >= 11 is 0. The van der Waals surface area contributed by atoms with Crippen LogP contribution in [0, 0.1) is 0 Å². The molecule has 0 bridgehead atoms. The Balaban J connectivity index is 4.22. The average molecular weight is 754 g/mol. The van der Waals surface area contributed by atoms with Gasteiger partial charge in [0.1, 0.15) is 19.3 Å². The molecule has 1 unspecified atom stereocenters. The normalized spacial score (nSPS) is 14.5. The van der Waals surface area contributed by atoms with Gasteiger partial charge in [-0.3, -0.25) is 4.57 Å². The van der Waals surface area contributed by atoms with E-state index in [1.807, 2.05) is 21.1 Å². The monoisotopic (exact) mass is 754 g/mol. The van der Waals surface area contributed by atoms with E-state index in [4.69, 9.17) is 18.5 Å². The second-order valence-corrected chi connectivity index (χ2v) is 16.7. The van der Waals surface area contributed by atoms with Gasteiger partial charge in [0, 0.05) is 13.2 Å². The molecule has 0 aliphatic heterocycles. The van der Waals surface area contributed by atoms with Crippen LogP contribution in [-0.2, 0) is 23.1 Å². The number of phosphoric ester groups is 1. The van der Waals surface area contributed by atoms with Crippen LogP contribution in [0.5, 0.6) is 0 Å². The van der Waals surface area contributed by atoms with Crippen LogP contribution in [0.25, 0.3) is 0 Å². The van der Waals surface area contributed by atoms with Gasteiger partial charge in [-0.15, -0.1) is 0 Å². The largest absolute Gasteiger partial charge is 0.756 e. The summed E-state index contributed by atoms with van der Waals surface area (Å²) in [5.74, 6) is 0. The first-order valence-electron chi connectivity index (χ1n) is 21.4. The number of nitrogens with zero attached hydrogens (tertiary/aromatic N) is 1. The Kier molecular flexibility index (Phi) is 37.5. The number of hydrogen-bond donors (Lipinski definition) is 0. The van der Waals surface area contributed by atoms with E-state index in [9.17, 15) is 9.46 Å². The topological polar surface area (TPSA) is 77.1 Å². The minimum Gasteiger partial charge on any atom is -0.756 e. The van der Waals surface area contributed by atoms with E-state index in [0.29, 0.717) is 30.8 Å². The van der Waals surface area contributed by atoms with Gasteiger partial charge in [-0.1, -0.05) is 159 Å². The fraction of sp³-hybridized carbons (Fsp3) is 0.818. The Morgan fingerprint density at radius 1 is 0.519 bits per heavy atom. The number of allylic oxidation sites excluding steroid dienone is 8. The van der Waals surface area contributed by atoms with E-state index in [0.717, 1.165) is 51.4 Å². The number of hydrogen-bond acceptors (Lipinski definition) is 6. The lowest BCUT2D eigenvalue weighted by molar-refractivity contribution is -0.870. The van der Waals surface area contributed by atoms with Crippen LogP contribution in [0.3, 0.4) is 0 Å². The Morgan fingerprint density at radius 2 is 0.942 bits per heavy atom. The third kappa shape index (κ3) is 41.7. The molecule has 306 valence electrons. The van der Waals surface area contributed by atoms with Gasteiger partial charge >= 0.3 is 0 Å². The number of quaternary nitrogens is 1. The van der Waals surface area contributed by atoms with Gasteiger partial charge in [-0.2, -0.15) is 0 Å². The highest BCUT2D eigenvalue weighted by molar-refractivity contribution is 7.45. The van der Waals surface area contributed by atoms with Crippen molar-refractivity contribution in [1.82, 2.24) is 0 Å². The van der Waals surface area contributed by atoms with Crippen molar-refractivity contribution in [1.29, 1.82) is 0 Å². The lowest BCUT2D eigenvalue weighted by Crippen LogP contribution is -2.37. The smallest absolute Gasteiger partial charge is 0.268 e. The zero-order chi connectivity index (χ0) is 38.3. The van der Waals surface area contributed by atoms with Crippen molar-refractivity contribution < 1.29 is 32.5 Å². The first-order valence-corrected chi connectivity index (χ1v) is 22.9. The van der Waals surface area contributed by atoms with Gasteiger partial charge in [-0.25, -0.2) is 0 Å². The lowest BCUT2D eigenvalue weighted by atomic mass is 10.0. The fourth-order valence-corrected chi connectivity index (χ4v) is 6.30. The minimum absolute atomic E-state index is 0.0862. The molecule has 0 saturated heterocycles. The molecule has 2 atom stereocenters. The van der Waals surface area contributed by atoms with E-state index in [2.05, 4.69) is 62.5 Å². The minimum atomic E-state index is -4.40. The molecule has 8 heteroatoms. The van der Waals surface area contributed by atoms with Crippen LogP contribution in [0.15, 0.2) is 48.6 Å². The van der Waals surface area contributed by atoms with Gasteiger partial charge in [0.2, 0.25) is 0 Å². The Bertz CT molecular complexity index is 913. The maximum Gasteiger partial charge on any atom is 0.268 e. The quantitative estimate of drug-likeness (QED) is 0.0268. The molecule has 0 aliphatic carbocycles. The summed E-state index contributed by atoms with van der Waals surface area (Å²) in [5, 5.41) is 0. The summed E-state index contributed by atoms with van der Waals surface area (Å²) in [4.78, 5) is 12.4. The second kappa shape index (κ2) is 38.2. The van der Waals surface area contributed by atoms with Crippen molar-refractivity contribution in [2.75, 3.05) is 60.7 Å². The molecule has 0 aromatic heterocycles. The maximum absolute atomic E-state index is 12.4. The fourth-order valence-electron chi connectivity index (χ4n) is 5.57. The standard InChI is InChI=1S/C44H84NO6P/c1-6-8-10-12-14-16-18-20-22-23-24-25-27-29-31-33-35-37-40-49-44(43-51-52(46,47)50-41-38-45(3,4)5)42-48-39-36-34-32-30-28-26-21-19-17-15-13-11-9-7-2/h14,16,20,22,24-25,29,31,44H,6-13,15,17-19,21,23,26-28,30,32-43H2,1-5H3/b16-14-,22-20-,25-24-,31-29-/t44-/m1/s1. The van der Waals surface area contributed by atoms with E-state index in [1.54, 1.807) is 0 Å². The Hall–Kier alpha value is -1.05. The SMILES string of the molecule is CCCCC/C=C\C/C=C\C/C=C\C/C=C\CCCCO[C@H](COCCCCCCCCCCCCCCCC)COP(=O)([O-])OCC[N+](C)(C)C. The molecule has 0 aromatic carbocycles. The van der Waals surface area contributed by atoms with Crippen molar-refractivity contribution in [3.63, 3.8) is 0 Å². The van der Waals surface area contributed by atoms with Crippen molar-refractivity contribution in [3.8, 4) is 0 Å². The van der Waals surface area contributed by atoms with Gasteiger partial charge in [-0.05, 0) is 57.8 Å². The van der Waals surface area contributed by atoms with Gasteiger partial charge in [0.25, 0.3) is 7.82 Å². The van der Waals surface area contributed by atoms with E-state index in [-0.39, 0.29) is 13.2 Å². The molecule has 0 heterocycles. The zero-order valence-electron chi connectivity index (χ0n) is 34.8. The van der Waals surface area contributed by atoms with Crippen molar-refractivity contribution in [3.05, 3.63) is 48.6 Å². The van der Waals surface area contributed by atoms with E-state index in [1.165, 1.54) is 103 Å². The molecule has 0 aromatic rings. The molecule has 0 radical (unpaired) electrons. The molecule has 0 N–H and O–H groups in total. The molecule has 0 spiro atoms. The Morgan fingerprint density at radius 3 is 1.44 bits per heavy atom. The van der Waals surface area contributed by atoms with Gasteiger partial charge in [0.15, 0.2) is 0 Å². The van der Waals surface area contributed by atoms with E-state index < -0.39 is 13.9 Å². The predicted octanol–water partition coefficient (Wildman–Crippen LogP) is 12.2. The van der Waals surface area contributed by atoms with Crippen LogP contribution in [0.2, 0.25) is 0 Å². The summed E-state index contributed by atoms with van der Waals surface area (Å²) in [7, 11) is 1.56. The number of rotatable bonds is 40. The lowest BCUT2D eigenvalue weighted by Gasteiger charge is -2.28. The molecule has 0 amide bonds. The Labute approximate surface area is 322 Å². The van der Waals surface area contributed by atoms with Gasteiger partial charge in [0.05, 0.1) is 34.4 Å². The predicted molar refractivity (Wildman–Crippen MR) is 222 cm³/mol. The molecule has 0 fully saturated rings. The number of unbranched alkanes of at least 4 members (excludes halogenated alkanes) is 18. The third-order valence-electron chi connectivity index (χ3n) is 8.95. The van der Waals surface area contributed by atoms with Crippen LogP contribution in [0.4, 0.5) is 0 Å². The molecular formula is C44H84NO6P. The molecule has 52 heavy (non-hydrogen) atoms. The van der Waals surface area contributed by atoms with Crippen LogP contribution >= 0.6 is 7.82 Å². The summed E-state index contributed by atoms with van der Waals surface area (Å²) < 4.78 is 35.2. The summed E-state index contributed by atoms with van der Waals surface area (Å²) in [6.45, 7) is 6.58. The maximum atomic E-state index is 12.4. The average Bonchev–Trinajstić information content (AvgIpc) is 3.10. The van der Waals surface area contributed by atoms with Crippen molar-refractivity contribution in [2.24, 2.45) is 0 Å². The van der Waals surface area contributed by atoms with E-state index >= 15 is 0 Å². The summed E-state index contributed by atoms with van der Waals surface area (Å²) in [6, 6.07) is 0. The zero-order valence-corrected chi connectivity index (χ0v) is 35.6. The third-order valence-corrected chi connectivity index (χ3v) is 9.92. The van der Waals surface area contributed by atoms with Crippen molar-refractivity contribution >= 4 is 7.82 Å². The molecule has 0 rings (SSSR count).